The fourth-order valence-electron chi connectivity index (χ4n) is 1.28. The smallest absolute Gasteiger partial charge is 0.313 e. The maximum atomic E-state index is 10.8. The Morgan fingerprint density at radius 3 is 2.80 bits per heavy atom. The Bertz CT molecular complexity index is 418. The first-order chi connectivity index (χ1) is 7.06. The summed E-state index contributed by atoms with van der Waals surface area (Å²) in [4.78, 5) is 14.3. The van der Waals surface area contributed by atoms with E-state index >= 15 is 0 Å². The third kappa shape index (κ3) is 2.66. The highest BCUT2D eigenvalue weighted by atomic mass is 35.5. The number of aromatic nitrogens is 1. The summed E-state index contributed by atoms with van der Waals surface area (Å²) in [6.45, 7) is 3.37. The molecule has 1 aromatic rings. The molecule has 0 saturated heterocycles. The molecule has 6 heteroatoms. The van der Waals surface area contributed by atoms with E-state index in [1.54, 1.807) is 19.9 Å². The number of aryl methyl sites for hydroxylation is 2. The molecule has 0 saturated carbocycles. The Morgan fingerprint density at radius 1 is 1.60 bits per heavy atom. The summed E-state index contributed by atoms with van der Waals surface area (Å²) in [5.74, 6) is 0. The van der Waals surface area contributed by atoms with E-state index in [0.29, 0.717) is 17.1 Å². The van der Waals surface area contributed by atoms with Gasteiger partial charge in [-0.3, -0.25) is 15.1 Å². The zero-order valence-corrected chi connectivity index (χ0v) is 9.08. The molecule has 1 heterocycles. The molecule has 0 spiro atoms. The average Bonchev–Trinajstić information content (AvgIpc) is 2.12. The zero-order chi connectivity index (χ0) is 11.4. The third-order valence-corrected chi connectivity index (χ3v) is 1.91. The van der Waals surface area contributed by atoms with Crippen LogP contribution in [0.15, 0.2) is 17.8 Å². The first kappa shape index (κ1) is 11.5. The van der Waals surface area contributed by atoms with Crippen LogP contribution in [0.3, 0.4) is 0 Å². The fourth-order valence-corrected chi connectivity index (χ4v) is 1.35. The van der Waals surface area contributed by atoms with Crippen molar-refractivity contribution in [2.45, 2.75) is 13.8 Å². The van der Waals surface area contributed by atoms with Gasteiger partial charge in [0.15, 0.2) is 0 Å². The number of rotatable bonds is 3. The summed E-state index contributed by atoms with van der Waals surface area (Å²) in [5, 5.41) is 13.5. The van der Waals surface area contributed by atoms with E-state index in [4.69, 9.17) is 11.6 Å². The molecule has 0 aromatic carbocycles. The molecule has 0 atom stereocenters. The molecular weight excluding hydrogens is 218 g/mol. The number of nitrogens with one attached hydrogen (secondary N) is 1. The van der Waals surface area contributed by atoms with Gasteiger partial charge in [-0.25, -0.2) is 0 Å². The predicted molar refractivity (Wildman–Crippen MR) is 59.0 cm³/mol. The van der Waals surface area contributed by atoms with Crippen molar-refractivity contribution < 1.29 is 4.92 Å². The standard InChI is InChI=1S/C9H10ClN3O2/c1-6-5-8(11-4-3-10)9(13(14)15)7(2)12-6/h3-5H,1-2H3,(H,11,12). The number of hydrogen-bond acceptors (Lipinski definition) is 4. The normalized spacial score (nSPS) is 10.6. The minimum Gasteiger partial charge on any atom is -0.355 e. The summed E-state index contributed by atoms with van der Waals surface area (Å²) in [7, 11) is 0. The molecule has 0 bridgehead atoms. The summed E-state index contributed by atoms with van der Waals surface area (Å²) in [5.41, 5.74) is 2.70. The van der Waals surface area contributed by atoms with E-state index in [1.165, 1.54) is 11.7 Å². The molecule has 0 amide bonds. The molecule has 1 aromatic heterocycles. The van der Waals surface area contributed by atoms with E-state index in [0.717, 1.165) is 0 Å². The Labute approximate surface area is 91.9 Å². The number of pyridine rings is 1. The number of nitro groups is 1. The van der Waals surface area contributed by atoms with Crippen molar-refractivity contribution in [1.82, 2.24) is 4.98 Å². The molecule has 15 heavy (non-hydrogen) atoms. The van der Waals surface area contributed by atoms with E-state index in [2.05, 4.69) is 10.3 Å². The Balaban J connectivity index is 3.26. The first-order valence-corrected chi connectivity index (χ1v) is 4.64. The number of halogens is 1. The lowest BCUT2D eigenvalue weighted by molar-refractivity contribution is -0.384. The number of anilines is 1. The predicted octanol–water partition coefficient (Wildman–Crippen LogP) is 2.73. The summed E-state index contributed by atoms with van der Waals surface area (Å²) in [6.07, 6.45) is 1.42. The zero-order valence-electron chi connectivity index (χ0n) is 8.32. The quantitative estimate of drug-likeness (QED) is 0.637. The highest BCUT2D eigenvalue weighted by molar-refractivity contribution is 6.25. The van der Waals surface area contributed by atoms with Crippen LogP contribution in [0.2, 0.25) is 0 Å². The van der Waals surface area contributed by atoms with Crippen LogP contribution < -0.4 is 5.32 Å². The lowest BCUT2D eigenvalue weighted by atomic mass is 10.2. The Morgan fingerprint density at radius 2 is 2.27 bits per heavy atom. The highest BCUT2D eigenvalue weighted by Gasteiger charge is 2.18. The summed E-state index contributed by atoms with van der Waals surface area (Å²) in [6, 6.07) is 1.60. The number of nitrogens with zero attached hydrogens (tertiary/aromatic N) is 2. The summed E-state index contributed by atoms with van der Waals surface area (Å²) >= 11 is 5.33. The van der Waals surface area contributed by atoms with Crippen LogP contribution in [0.4, 0.5) is 11.4 Å². The second kappa shape index (κ2) is 4.75. The van der Waals surface area contributed by atoms with Gasteiger partial charge in [0.2, 0.25) is 0 Å². The van der Waals surface area contributed by atoms with Crippen LogP contribution >= 0.6 is 11.6 Å². The SMILES string of the molecule is Cc1cc(NC=CCl)c([N+](=O)[O-])c(C)n1. The molecule has 1 N–H and O–H groups in total. The van der Waals surface area contributed by atoms with Gasteiger partial charge in [0.1, 0.15) is 11.4 Å². The molecule has 0 fully saturated rings. The number of hydrogen-bond donors (Lipinski definition) is 1. The molecular formula is C9H10ClN3O2. The second-order valence-electron chi connectivity index (χ2n) is 2.94. The molecule has 80 valence electrons. The van der Waals surface area contributed by atoms with Crippen molar-refractivity contribution in [3.63, 3.8) is 0 Å². The van der Waals surface area contributed by atoms with Crippen molar-refractivity contribution in [3.05, 3.63) is 39.3 Å². The maximum Gasteiger partial charge on any atom is 0.313 e. The first-order valence-electron chi connectivity index (χ1n) is 4.20. The van der Waals surface area contributed by atoms with Gasteiger partial charge in [0, 0.05) is 17.4 Å². The van der Waals surface area contributed by atoms with Crippen molar-refractivity contribution in [3.8, 4) is 0 Å². The van der Waals surface area contributed by atoms with Crippen LogP contribution in [-0.4, -0.2) is 9.91 Å². The topological polar surface area (TPSA) is 68.1 Å². The molecule has 1 rings (SSSR count). The molecule has 0 aliphatic heterocycles. The van der Waals surface area contributed by atoms with Gasteiger partial charge in [-0.2, -0.15) is 0 Å². The van der Waals surface area contributed by atoms with Gasteiger partial charge in [0.05, 0.1) is 4.92 Å². The van der Waals surface area contributed by atoms with Crippen molar-refractivity contribution in [2.75, 3.05) is 5.32 Å². The molecule has 0 aliphatic rings. The van der Waals surface area contributed by atoms with E-state index in [9.17, 15) is 10.1 Å². The molecule has 0 unspecified atom stereocenters. The lowest BCUT2D eigenvalue weighted by Crippen LogP contribution is -2.01. The molecule has 0 radical (unpaired) electrons. The fraction of sp³-hybridized carbons (Fsp3) is 0.222. The largest absolute Gasteiger partial charge is 0.355 e. The van der Waals surface area contributed by atoms with Gasteiger partial charge in [-0.1, -0.05) is 11.6 Å². The van der Waals surface area contributed by atoms with Crippen LogP contribution in [0.1, 0.15) is 11.4 Å². The monoisotopic (exact) mass is 227 g/mol. The Kier molecular flexibility index (Phi) is 3.62. The van der Waals surface area contributed by atoms with Crippen molar-refractivity contribution in [1.29, 1.82) is 0 Å². The van der Waals surface area contributed by atoms with Gasteiger partial charge in [-0.05, 0) is 19.9 Å². The second-order valence-corrected chi connectivity index (χ2v) is 3.19. The van der Waals surface area contributed by atoms with E-state index in [1.807, 2.05) is 0 Å². The van der Waals surface area contributed by atoms with Crippen LogP contribution in [0, 0.1) is 24.0 Å². The Hall–Kier alpha value is -1.62. The van der Waals surface area contributed by atoms with E-state index in [-0.39, 0.29) is 5.69 Å². The minimum absolute atomic E-state index is 0.0321. The van der Waals surface area contributed by atoms with Crippen LogP contribution in [-0.2, 0) is 0 Å². The van der Waals surface area contributed by atoms with Gasteiger partial charge >= 0.3 is 5.69 Å². The third-order valence-electron chi connectivity index (χ3n) is 1.78. The van der Waals surface area contributed by atoms with E-state index < -0.39 is 4.92 Å². The molecule has 0 aliphatic carbocycles. The summed E-state index contributed by atoms with van der Waals surface area (Å²) < 4.78 is 0. The van der Waals surface area contributed by atoms with Gasteiger partial charge in [0.25, 0.3) is 0 Å². The van der Waals surface area contributed by atoms with Crippen LogP contribution in [0.5, 0.6) is 0 Å². The van der Waals surface area contributed by atoms with Crippen LogP contribution in [0.25, 0.3) is 0 Å². The minimum atomic E-state index is -0.466. The van der Waals surface area contributed by atoms with Crippen molar-refractivity contribution >= 4 is 23.0 Å². The maximum absolute atomic E-state index is 10.8. The highest BCUT2D eigenvalue weighted by Crippen LogP contribution is 2.27. The lowest BCUT2D eigenvalue weighted by Gasteiger charge is -2.05. The van der Waals surface area contributed by atoms with Gasteiger partial charge < -0.3 is 5.32 Å². The molecule has 5 nitrogen and oxygen atoms in total. The average molecular weight is 228 g/mol. The van der Waals surface area contributed by atoms with Gasteiger partial charge in [-0.15, -0.1) is 0 Å². The van der Waals surface area contributed by atoms with Crippen molar-refractivity contribution in [2.24, 2.45) is 0 Å².